The van der Waals surface area contributed by atoms with Crippen molar-refractivity contribution in [2.75, 3.05) is 5.32 Å². The minimum atomic E-state index is -0.530. The second-order valence-corrected chi connectivity index (χ2v) is 8.44. The molecule has 0 radical (unpaired) electrons. The third-order valence-electron chi connectivity index (χ3n) is 4.98. The highest BCUT2D eigenvalue weighted by Crippen LogP contribution is 2.37. The number of halogens is 1. The maximum atomic E-state index is 13.8. The van der Waals surface area contributed by atoms with E-state index in [0.717, 1.165) is 27.1 Å². The van der Waals surface area contributed by atoms with Crippen LogP contribution in [0.5, 0.6) is 0 Å². The van der Waals surface area contributed by atoms with Gasteiger partial charge in [0.05, 0.1) is 17.4 Å². The number of nitrogens with zero attached hydrogens (tertiary/aromatic N) is 2. The lowest BCUT2D eigenvalue weighted by atomic mass is 9.97. The molecule has 30 heavy (non-hydrogen) atoms. The van der Waals surface area contributed by atoms with E-state index in [1.54, 1.807) is 12.1 Å². The fourth-order valence-corrected chi connectivity index (χ4v) is 4.48. The first-order valence-corrected chi connectivity index (χ1v) is 10.3. The van der Waals surface area contributed by atoms with Gasteiger partial charge in [0.25, 0.3) is 5.56 Å². The number of anilines is 1. The Hall–Kier alpha value is -3.32. The molecule has 0 fully saturated rings. The van der Waals surface area contributed by atoms with Gasteiger partial charge in [0.1, 0.15) is 17.2 Å². The van der Waals surface area contributed by atoms with Crippen LogP contribution in [0.1, 0.15) is 16.0 Å². The van der Waals surface area contributed by atoms with Crippen molar-refractivity contribution in [2.24, 2.45) is 0 Å². The smallest absolute Gasteiger partial charge is 0.263 e. The number of para-hydroxylation sites is 1. The fraction of sp³-hybridized carbons (Fsp3) is 0.174. The predicted molar refractivity (Wildman–Crippen MR) is 119 cm³/mol. The standard InChI is InChI=1S/C23H20FN3O2S/c1-13-8-9-14(2)16(10-13)20-15(3)30-22-21(20)23(29)27(12-25-22)11-19(28)26-18-7-5-4-6-17(18)24/h4-10,12H,11H2,1-3H3,(H,26,28). The molecule has 0 saturated carbocycles. The number of amides is 1. The van der Waals surface area contributed by atoms with Crippen LogP contribution >= 0.6 is 11.3 Å². The molecule has 2 aromatic heterocycles. The molecule has 1 amide bonds. The maximum absolute atomic E-state index is 13.8. The number of hydrogen-bond acceptors (Lipinski definition) is 4. The quantitative estimate of drug-likeness (QED) is 0.513. The third kappa shape index (κ3) is 3.64. The van der Waals surface area contributed by atoms with Gasteiger partial charge in [0, 0.05) is 10.4 Å². The zero-order valence-electron chi connectivity index (χ0n) is 16.8. The molecule has 4 rings (SSSR count). The van der Waals surface area contributed by atoms with Gasteiger partial charge in [-0.1, -0.05) is 35.9 Å². The van der Waals surface area contributed by atoms with E-state index in [4.69, 9.17) is 0 Å². The summed E-state index contributed by atoms with van der Waals surface area (Å²) in [6.45, 7) is 5.74. The van der Waals surface area contributed by atoms with Gasteiger partial charge in [0.2, 0.25) is 5.91 Å². The average molecular weight is 421 g/mol. The Balaban J connectivity index is 1.76. The lowest BCUT2D eigenvalue weighted by molar-refractivity contribution is -0.116. The Labute approximate surface area is 176 Å². The van der Waals surface area contributed by atoms with Crippen LogP contribution in [0.3, 0.4) is 0 Å². The molecular weight excluding hydrogens is 401 g/mol. The highest BCUT2D eigenvalue weighted by atomic mass is 32.1. The largest absolute Gasteiger partial charge is 0.322 e. The fourth-order valence-electron chi connectivity index (χ4n) is 3.49. The molecule has 0 bridgehead atoms. The van der Waals surface area contributed by atoms with Crippen molar-refractivity contribution in [2.45, 2.75) is 27.3 Å². The van der Waals surface area contributed by atoms with E-state index in [9.17, 15) is 14.0 Å². The number of thiophene rings is 1. The van der Waals surface area contributed by atoms with Crippen molar-refractivity contribution < 1.29 is 9.18 Å². The van der Waals surface area contributed by atoms with Gasteiger partial charge in [-0.15, -0.1) is 11.3 Å². The van der Waals surface area contributed by atoms with Crippen molar-refractivity contribution in [1.82, 2.24) is 9.55 Å². The van der Waals surface area contributed by atoms with Gasteiger partial charge in [-0.05, 0) is 44.0 Å². The number of carbonyl (C=O) groups excluding carboxylic acids is 1. The van der Waals surface area contributed by atoms with Crippen LogP contribution in [0.2, 0.25) is 0 Å². The van der Waals surface area contributed by atoms with E-state index in [-0.39, 0.29) is 17.8 Å². The molecule has 7 heteroatoms. The van der Waals surface area contributed by atoms with E-state index in [0.29, 0.717) is 10.2 Å². The number of benzene rings is 2. The molecule has 0 spiro atoms. The van der Waals surface area contributed by atoms with Crippen molar-refractivity contribution >= 4 is 33.1 Å². The molecule has 0 saturated heterocycles. The van der Waals surface area contributed by atoms with Gasteiger partial charge in [-0.2, -0.15) is 0 Å². The third-order valence-corrected chi connectivity index (χ3v) is 5.99. The summed E-state index contributed by atoms with van der Waals surface area (Å²) in [6, 6.07) is 12.0. The van der Waals surface area contributed by atoms with Crippen molar-refractivity contribution in [3.8, 4) is 11.1 Å². The first kappa shape index (κ1) is 20.0. The minimum absolute atomic E-state index is 0.0760. The highest BCUT2D eigenvalue weighted by molar-refractivity contribution is 7.19. The highest BCUT2D eigenvalue weighted by Gasteiger charge is 2.19. The molecule has 5 nitrogen and oxygen atoms in total. The molecule has 152 valence electrons. The lowest BCUT2D eigenvalue weighted by Gasteiger charge is -2.10. The Morgan fingerprint density at radius 2 is 1.93 bits per heavy atom. The first-order valence-electron chi connectivity index (χ1n) is 9.45. The van der Waals surface area contributed by atoms with Crippen LogP contribution in [-0.4, -0.2) is 15.5 Å². The molecule has 2 aromatic carbocycles. The summed E-state index contributed by atoms with van der Waals surface area (Å²) in [5.74, 6) is -1.03. The van der Waals surface area contributed by atoms with Crippen LogP contribution in [0.25, 0.3) is 21.3 Å². The van der Waals surface area contributed by atoms with Crippen molar-refractivity contribution in [3.63, 3.8) is 0 Å². The summed E-state index contributed by atoms with van der Waals surface area (Å²) in [6.07, 6.45) is 1.37. The molecule has 0 aliphatic heterocycles. The molecule has 0 unspecified atom stereocenters. The Bertz CT molecular complexity index is 1340. The summed E-state index contributed by atoms with van der Waals surface area (Å²) in [4.78, 5) is 31.7. The first-order chi connectivity index (χ1) is 14.3. The SMILES string of the molecule is Cc1ccc(C)c(-c2c(C)sc3ncn(CC(=O)Nc4ccccc4F)c(=O)c23)c1. The van der Waals surface area contributed by atoms with E-state index in [2.05, 4.69) is 16.4 Å². The molecule has 2 heterocycles. The van der Waals surface area contributed by atoms with Crippen LogP contribution < -0.4 is 10.9 Å². The molecule has 0 aliphatic carbocycles. The summed E-state index contributed by atoms with van der Waals surface area (Å²) in [5.41, 5.74) is 3.80. The van der Waals surface area contributed by atoms with Crippen LogP contribution in [0, 0.1) is 26.6 Å². The number of aromatic nitrogens is 2. The van der Waals surface area contributed by atoms with Gasteiger partial charge in [-0.3, -0.25) is 14.2 Å². The zero-order chi connectivity index (χ0) is 21.4. The number of rotatable bonds is 4. The lowest BCUT2D eigenvalue weighted by Crippen LogP contribution is -2.28. The van der Waals surface area contributed by atoms with Crippen molar-refractivity contribution in [3.05, 3.63) is 81.0 Å². The monoisotopic (exact) mass is 421 g/mol. The average Bonchev–Trinajstić information content (AvgIpc) is 3.04. The second kappa shape index (κ2) is 7.84. The van der Waals surface area contributed by atoms with Gasteiger partial charge >= 0.3 is 0 Å². The van der Waals surface area contributed by atoms with Gasteiger partial charge < -0.3 is 5.32 Å². The molecule has 0 aliphatic rings. The molecule has 1 N–H and O–H groups in total. The summed E-state index contributed by atoms with van der Waals surface area (Å²) >= 11 is 1.46. The topological polar surface area (TPSA) is 64.0 Å². The van der Waals surface area contributed by atoms with E-state index in [1.807, 2.05) is 32.9 Å². The molecule has 0 atom stereocenters. The summed E-state index contributed by atoms with van der Waals surface area (Å²) in [7, 11) is 0. The van der Waals surface area contributed by atoms with Gasteiger partial charge in [-0.25, -0.2) is 9.37 Å². The molecular formula is C23H20FN3O2S. The van der Waals surface area contributed by atoms with Crippen LogP contribution in [0.4, 0.5) is 10.1 Å². The molecule has 4 aromatic rings. The Morgan fingerprint density at radius 1 is 1.17 bits per heavy atom. The number of aryl methyl sites for hydroxylation is 3. The maximum Gasteiger partial charge on any atom is 0.263 e. The number of fused-ring (bicyclic) bond motifs is 1. The Morgan fingerprint density at radius 3 is 2.70 bits per heavy atom. The van der Waals surface area contributed by atoms with Gasteiger partial charge in [0.15, 0.2) is 0 Å². The zero-order valence-corrected chi connectivity index (χ0v) is 17.6. The van der Waals surface area contributed by atoms with Crippen molar-refractivity contribution in [1.29, 1.82) is 0 Å². The normalized spacial score (nSPS) is 11.1. The van der Waals surface area contributed by atoms with Crippen LogP contribution in [-0.2, 0) is 11.3 Å². The van der Waals surface area contributed by atoms with E-state index in [1.165, 1.54) is 34.4 Å². The summed E-state index contributed by atoms with van der Waals surface area (Å²) in [5, 5.41) is 3.01. The minimum Gasteiger partial charge on any atom is -0.322 e. The van der Waals surface area contributed by atoms with E-state index >= 15 is 0 Å². The number of carbonyl (C=O) groups is 1. The summed E-state index contributed by atoms with van der Waals surface area (Å²) < 4.78 is 15.1. The van der Waals surface area contributed by atoms with E-state index < -0.39 is 11.7 Å². The number of nitrogens with one attached hydrogen (secondary N) is 1. The number of hydrogen-bond donors (Lipinski definition) is 1. The predicted octanol–water partition coefficient (Wildman–Crippen LogP) is 4.83. The van der Waals surface area contributed by atoms with Crippen LogP contribution in [0.15, 0.2) is 53.6 Å². The Kier molecular flexibility index (Phi) is 5.22. The second-order valence-electron chi connectivity index (χ2n) is 7.24.